The average Bonchev–Trinajstić information content (AvgIpc) is 2.63. The standard InChI is InChI=1S/C17H23ClO/c18-15-7-3-1-5-13(11-15)12-17-16-8-4-2-6-14(16)9-10-19-17/h2,4,6,8,13,15,17H,1,3,5,7,9-12H2. The van der Waals surface area contributed by atoms with Gasteiger partial charge in [0.2, 0.25) is 0 Å². The maximum Gasteiger partial charge on any atom is 0.0830 e. The molecule has 1 aromatic carbocycles. The minimum atomic E-state index is 0.303. The largest absolute Gasteiger partial charge is 0.373 e. The van der Waals surface area contributed by atoms with Crippen LogP contribution < -0.4 is 0 Å². The lowest BCUT2D eigenvalue weighted by molar-refractivity contribution is 0.0237. The molecule has 3 unspecified atom stereocenters. The number of hydrogen-bond acceptors (Lipinski definition) is 1. The lowest BCUT2D eigenvalue weighted by atomic mass is 9.87. The Bertz CT molecular complexity index is 417. The van der Waals surface area contributed by atoms with E-state index in [1.165, 1.54) is 43.2 Å². The summed E-state index contributed by atoms with van der Waals surface area (Å²) in [7, 11) is 0. The second-order valence-corrected chi connectivity index (χ2v) is 6.64. The number of hydrogen-bond donors (Lipinski definition) is 0. The highest BCUT2D eigenvalue weighted by atomic mass is 35.5. The molecular weight excluding hydrogens is 256 g/mol. The molecule has 19 heavy (non-hydrogen) atoms. The quantitative estimate of drug-likeness (QED) is 0.553. The zero-order chi connectivity index (χ0) is 13.1. The lowest BCUT2D eigenvalue weighted by Crippen LogP contribution is -2.19. The van der Waals surface area contributed by atoms with Gasteiger partial charge < -0.3 is 4.74 Å². The molecule has 1 saturated carbocycles. The van der Waals surface area contributed by atoms with E-state index in [4.69, 9.17) is 16.3 Å². The normalized spacial score (nSPS) is 31.5. The minimum Gasteiger partial charge on any atom is -0.373 e. The summed E-state index contributed by atoms with van der Waals surface area (Å²) in [6, 6.07) is 8.77. The Morgan fingerprint density at radius 3 is 2.95 bits per heavy atom. The van der Waals surface area contributed by atoms with Crippen molar-refractivity contribution in [2.24, 2.45) is 5.92 Å². The Hall–Kier alpha value is -0.530. The van der Waals surface area contributed by atoms with Crippen LogP contribution in [-0.2, 0) is 11.2 Å². The van der Waals surface area contributed by atoms with E-state index in [0.29, 0.717) is 11.5 Å². The van der Waals surface area contributed by atoms with Crippen LogP contribution >= 0.6 is 11.6 Å². The summed E-state index contributed by atoms with van der Waals surface area (Å²) in [6.45, 7) is 0.874. The van der Waals surface area contributed by atoms with Crippen molar-refractivity contribution in [2.45, 2.75) is 56.4 Å². The van der Waals surface area contributed by atoms with Crippen LogP contribution in [0.2, 0.25) is 0 Å². The van der Waals surface area contributed by atoms with E-state index < -0.39 is 0 Å². The maximum absolute atomic E-state index is 6.39. The Morgan fingerprint density at radius 1 is 1.16 bits per heavy atom. The fourth-order valence-corrected chi connectivity index (χ4v) is 3.99. The van der Waals surface area contributed by atoms with Gasteiger partial charge in [-0.3, -0.25) is 0 Å². The molecule has 2 heteroatoms. The zero-order valence-electron chi connectivity index (χ0n) is 11.5. The van der Waals surface area contributed by atoms with Gasteiger partial charge in [0.05, 0.1) is 12.7 Å². The lowest BCUT2D eigenvalue weighted by Gasteiger charge is -2.29. The molecule has 1 nitrogen and oxygen atoms in total. The third-order valence-corrected chi connectivity index (χ3v) is 5.01. The van der Waals surface area contributed by atoms with Crippen LogP contribution in [0, 0.1) is 5.92 Å². The molecule has 1 heterocycles. The third kappa shape index (κ3) is 3.32. The summed E-state index contributed by atoms with van der Waals surface area (Å²) >= 11 is 6.39. The van der Waals surface area contributed by atoms with Crippen LogP contribution in [0.5, 0.6) is 0 Å². The SMILES string of the molecule is ClC1CCCCC(CC2OCCc3ccccc32)C1. The first-order chi connectivity index (χ1) is 9.33. The molecule has 1 aliphatic heterocycles. The van der Waals surface area contributed by atoms with Gasteiger partial charge in [-0.2, -0.15) is 0 Å². The van der Waals surface area contributed by atoms with Crippen LogP contribution in [0.3, 0.4) is 0 Å². The van der Waals surface area contributed by atoms with Gasteiger partial charge in [0, 0.05) is 5.38 Å². The summed E-state index contributed by atoms with van der Waals surface area (Å²) in [4.78, 5) is 0. The summed E-state index contributed by atoms with van der Waals surface area (Å²) in [5.41, 5.74) is 2.90. The number of ether oxygens (including phenoxy) is 1. The highest BCUT2D eigenvalue weighted by Gasteiger charge is 2.26. The molecule has 0 saturated heterocycles. The second kappa shape index (κ2) is 6.28. The number of benzene rings is 1. The average molecular weight is 279 g/mol. The van der Waals surface area contributed by atoms with Crippen molar-refractivity contribution in [1.82, 2.24) is 0 Å². The molecule has 2 aliphatic rings. The van der Waals surface area contributed by atoms with Crippen molar-refractivity contribution in [2.75, 3.05) is 6.61 Å². The molecule has 3 atom stereocenters. The highest BCUT2D eigenvalue weighted by molar-refractivity contribution is 6.20. The second-order valence-electron chi connectivity index (χ2n) is 6.03. The summed E-state index contributed by atoms with van der Waals surface area (Å²) < 4.78 is 6.04. The first kappa shape index (κ1) is 13.5. The molecule has 1 aliphatic carbocycles. The number of rotatable bonds is 2. The Morgan fingerprint density at radius 2 is 2.00 bits per heavy atom. The molecular formula is C17H23ClO. The highest BCUT2D eigenvalue weighted by Crippen LogP contribution is 2.37. The maximum atomic E-state index is 6.39. The van der Waals surface area contributed by atoms with Crippen molar-refractivity contribution in [3.63, 3.8) is 0 Å². The first-order valence-electron chi connectivity index (χ1n) is 7.66. The van der Waals surface area contributed by atoms with E-state index in [9.17, 15) is 0 Å². The Labute approximate surface area is 121 Å². The van der Waals surface area contributed by atoms with Gasteiger partial charge in [0.1, 0.15) is 0 Å². The molecule has 3 rings (SSSR count). The van der Waals surface area contributed by atoms with E-state index >= 15 is 0 Å². The van der Waals surface area contributed by atoms with Crippen LogP contribution in [-0.4, -0.2) is 12.0 Å². The molecule has 0 amide bonds. The van der Waals surface area contributed by atoms with Crippen molar-refractivity contribution < 1.29 is 4.74 Å². The van der Waals surface area contributed by atoms with Crippen LogP contribution in [0.25, 0.3) is 0 Å². The van der Waals surface area contributed by atoms with Crippen LogP contribution in [0.15, 0.2) is 24.3 Å². The Balaban J connectivity index is 1.70. The molecule has 104 valence electrons. The Kier molecular flexibility index (Phi) is 4.45. The first-order valence-corrected chi connectivity index (χ1v) is 8.10. The fraction of sp³-hybridized carbons (Fsp3) is 0.647. The molecule has 0 bridgehead atoms. The van der Waals surface area contributed by atoms with E-state index in [2.05, 4.69) is 24.3 Å². The fourth-order valence-electron chi connectivity index (χ4n) is 3.58. The molecule has 0 spiro atoms. The number of halogens is 1. The topological polar surface area (TPSA) is 9.23 Å². The molecule has 0 radical (unpaired) electrons. The van der Waals surface area contributed by atoms with Gasteiger partial charge in [-0.1, -0.05) is 43.5 Å². The zero-order valence-corrected chi connectivity index (χ0v) is 12.2. The van der Waals surface area contributed by atoms with Crippen molar-refractivity contribution in [3.05, 3.63) is 35.4 Å². The monoisotopic (exact) mass is 278 g/mol. The molecule has 0 aromatic heterocycles. The van der Waals surface area contributed by atoms with Crippen LogP contribution in [0.4, 0.5) is 0 Å². The van der Waals surface area contributed by atoms with Gasteiger partial charge >= 0.3 is 0 Å². The van der Waals surface area contributed by atoms with Crippen LogP contribution in [0.1, 0.15) is 55.8 Å². The number of alkyl halides is 1. The van der Waals surface area contributed by atoms with Gasteiger partial charge in [0.15, 0.2) is 0 Å². The minimum absolute atomic E-state index is 0.303. The van der Waals surface area contributed by atoms with Gasteiger partial charge in [0.25, 0.3) is 0 Å². The van der Waals surface area contributed by atoms with E-state index in [1.807, 2.05) is 0 Å². The third-order valence-electron chi connectivity index (χ3n) is 4.61. The summed E-state index contributed by atoms with van der Waals surface area (Å²) in [5, 5.41) is 0.381. The predicted molar refractivity (Wildman–Crippen MR) is 79.7 cm³/mol. The van der Waals surface area contributed by atoms with Crippen molar-refractivity contribution in [3.8, 4) is 0 Å². The van der Waals surface area contributed by atoms with E-state index in [1.54, 1.807) is 0 Å². The summed E-state index contributed by atoms with van der Waals surface area (Å²) in [5.74, 6) is 0.737. The predicted octanol–water partition coefficient (Wildman–Crippen LogP) is 4.88. The van der Waals surface area contributed by atoms with E-state index in [-0.39, 0.29) is 0 Å². The molecule has 1 fully saturated rings. The molecule has 1 aromatic rings. The molecule has 0 N–H and O–H groups in total. The van der Waals surface area contributed by atoms with Gasteiger partial charge in [-0.15, -0.1) is 11.6 Å². The van der Waals surface area contributed by atoms with E-state index in [0.717, 1.165) is 25.4 Å². The van der Waals surface area contributed by atoms with Gasteiger partial charge in [-0.05, 0) is 42.7 Å². The smallest absolute Gasteiger partial charge is 0.0830 e. The number of fused-ring (bicyclic) bond motifs is 1. The van der Waals surface area contributed by atoms with Crippen molar-refractivity contribution >= 4 is 11.6 Å². The summed E-state index contributed by atoms with van der Waals surface area (Å²) in [6.07, 6.45) is 8.84. The van der Waals surface area contributed by atoms with Gasteiger partial charge in [-0.25, -0.2) is 0 Å². The van der Waals surface area contributed by atoms with Crippen molar-refractivity contribution in [1.29, 1.82) is 0 Å².